The molecule has 0 atom stereocenters. The molecule has 0 bridgehead atoms. The van der Waals surface area contributed by atoms with Gasteiger partial charge in [-0.15, -0.1) is 0 Å². The first kappa shape index (κ1) is 22.1. The molecule has 1 aromatic carbocycles. The molecule has 2 N–H and O–H groups in total. The van der Waals surface area contributed by atoms with Crippen molar-refractivity contribution in [1.82, 2.24) is 20.2 Å². The minimum absolute atomic E-state index is 0.0929. The van der Waals surface area contributed by atoms with Crippen LogP contribution in [0.5, 0.6) is 0 Å². The summed E-state index contributed by atoms with van der Waals surface area (Å²) in [5.41, 5.74) is 0.498. The zero-order valence-electron chi connectivity index (χ0n) is 18.6. The number of nitrogens with one attached hydrogen (secondary N) is 2. The molecule has 10 heteroatoms. The Morgan fingerprint density at radius 1 is 1.00 bits per heavy atom. The fourth-order valence-corrected chi connectivity index (χ4v) is 4.59. The number of para-hydroxylation sites is 1. The molecule has 2 aliphatic heterocycles. The molecule has 0 aliphatic carbocycles. The van der Waals surface area contributed by atoms with Crippen LogP contribution in [-0.2, 0) is 15.8 Å². The second-order valence-electron chi connectivity index (χ2n) is 8.61. The number of hydrogen-bond acceptors (Lipinski definition) is 5. The van der Waals surface area contributed by atoms with Gasteiger partial charge in [0, 0.05) is 54.4 Å². The van der Waals surface area contributed by atoms with Crippen LogP contribution in [0.3, 0.4) is 0 Å². The van der Waals surface area contributed by atoms with Crippen molar-refractivity contribution < 1.29 is 22.8 Å². The average molecular weight is 469 g/mol. The van der Waals surface area contributed by atoms with Crippen molar-refractivity contribution in [2.75, 3.05) is 38.1 Å². The van der Waals surface area contributed by atoms with Crippen molar-refractivity contribution in [3.8, 4) is 0 Å². The number of hydrogen-bond donors (Lipinski definition) is 2. The number of fused-ring (bicyclic) bond motifs is 1. The molecule has 2 aliphatic rings. The van der Waals surface area contributed by atoms with E-state index in [1.807, 2.05) is 24.9 Å². The molecule has 0 saturated carbocycles. The summed E-state index contributed by atoms with van der Waals surface area (Å²) in [6, 6.07) is 6.76. The van der Waals surface area contributed by atoms with Gasteiger partial charge in [-0.3, -0.25) is 14.9 Å². The van der Waals surface area contributed by atoms with Crippen LogP contribution in [0.4, 0.5) is 18.9 Å². The van der Waals surface area contributed by atoms with Crippen molar-refractivity contribution in [3.63, 3.8) is 0 Å². The van der Waals surface area contributed by atoms with Gasteiger partial charge in [-0.1, -0.05) is 18.2 Å². The Balaban J connectivity index is 1.74. The van der Waals surface area contributed by atoms with E-state index >= 15 is 0 Å². The van der Waals surface area contributed by atoms with Crippen molar-refractivity contribution >= 4 is 39.6 Å². The summed E-state index contributed by atoms with van der Waals surface area (Å²) in [6.07, 6.45) is -2.07. The molecule has 2 amide bonds. The average Bonchev–Trinajstić information content (AvgIpc) is 3.33. The van der Waals surface area contributed by atoms with E-state index in [1.54, 1.807) is 18.3 Å². The van der Waals surface area contributed by atoms with Crippen molar-refractivity contribution in [3.05, 3.63) is 59.0 Å². The van der Waals surface area contributed by atoms with Crippen LogP contribution in [0, 0.1) is 6.92 Å². The molecule has 1 fully saturated rings. The van der Waals surface area contributed by atoms with Gasteiger partial charge in [0.25, 0.3) is 11.8 Å². The quantitative estimate of drug-likeness (QED) is 0.576. The molecule has 3 aromatic rings. The lowest BCUT2D eigenvalue weighted by atomic mass is 9.94. The molecule has 2 aromatic heterocycles. The third-order valence-corrected chi connectivity index (χ3v) is 6.40. The molecule has 176 valence electrons. The van der Waals surface area contributed by atoms with E-state index < -0.39 is 29.2 Å². The van der Waals surface area contributed by atoms with E-state index in [9.17, 15) is 22.8 Å². The Hall–Kier alpha value is -3.66. The number of piperazine rings is 1. The number of carbonyl (C=O) groups excluding carboxylic acids is 2. The number of benzene rings is 1. The van der Waals surface area contributed by atoms with E-state index in [2.05, 4.69) is 20.2 Å². The monoisotopic (exact) mass is 469 g/mol. The molecular formula is C24H22F3N5O2. The minimum atomic E-state index is -4.81. The largest absolute Gasteiger partial charge is 0.433 e. The molecule has 34 heavy (non-hydrogen) atoms. The highest BCUT2D eigenvalue weighted by Gasteiger charge is 2.42. The van der Waals surface area contributed by atoms with Gasteiger partial charge in [0.1, 0.15) is 0 Å². The van der Waals surface area contributed by atoms with E-state index in [4.69, 9.17) is 0 Å². The van der Waals surface area contributed by atoms with Gasteiger partial charge in [0.05, 0.1) is 23.0 Å². The molecular weight excluding hydrogens is 447 g/mol. The lowest BCUT2D eigenvalue weighted by molar-refractivity contribution is -0.141. The zero-order valence-corrected chi connectivity index (χ0v) is 18.6. The first-order valence-corrected chi connectivity index (χ1v) is 10.8. The number of nitrogens with zero attached hydrogens (tertiary/aromatic N) is 3. The van der Waals surface area contributed by atoms with Crippen LogP contribution in [0.15, 0.2) is 36.7 Å². The Morgan fingerprint density at radius 3 is 2.35 bits per heavy atom. The number of aromatic amines is 1. The number of likely N-dealkylation sites (N-methyl/N-ethyl adjacent to an activating group) is 1. The molecule has 1 saturated heterocycles. The number of amides is 2. The second kappa shape index (κ2) is 7.98. The Bertz CT molecular complexity index is 1350. The summed E-state index contributed by atoms with van der Waals surface area (Å²) in [7, 11) is 1.97. The number of aromatic nitrogens is 2. The van der Waals surface area contributed by atoms with Gasteiger partial charge in [-0.2, -0.15) is 13.2 Å². The lowest BCUT2D eigenvalue weighted by Gasteiger charge is -2.34. The number of H-pyrrole nitrogens is 1. The lowest BCUT2D eigenvalue weighted by Crippen LogP contribution is -2.44. The first-order chi connectivity index (χ1) is 16.1. The van der Waals surface area contributed by atoms with Crippen LogP contribution in [-0.4, -0.2) is 59.9 Å². The summed E-state index contributed by atoms with van der Waals surface area (Å²) < 4.78 is 42.0. The summed E-state index contributed by atoms with van der Waals surface area (Å²) in [4.78, 5) is 36.6. The number of pyridine rings is 1. The van der Waals surface area contributed by atoms with E-state index in [0.717, 1.165) is 24.2 Å². The predicted molar refractivity (Wildman–Crippen MR) is 122 cm³/mol. The van der Waals surface area contributed by atoms with Crippen LogP contribution >= 0.6 is 0 Å². The molecule has 4 heterocycles. The number of alkyl halides is 3. The summed E-state index contributed by atoms with van der Waals surface area (Å²) in [5.74, 6) is -1.61. The molecule has 0 radical (unpaired) electrons. The van der Waals surface area contributed by atoms with E-state index in [1.165, 1.54) is 12.3 Å². The minimum Gasteiger partial charge on any atom is -0.368 e. The van der Waals surface area contributed by atoms with Crippen LogP contribution in [0.25, 0.3) is 22.0 Å². The van der Waals surface area contributed by atoms with Crippen molar-refractivity contribution in [2.24, 2.45) is 0 Å². The number of imide groups is 1. The van der Waals surface area contributed by atoms with Gasteiger partial charge in [0.2, 0.25) is 0 Å². The Morgan fingerprint density at radius 2 is 1.68 bits per heavy atom. The van der Waals surface area contributed by atoms with Gasteiger partial charge < -0.3 is 14.8 Å². The van der Waals surface area contributed by atoms with Crippen molar-refractivity contribution in [2.45, 2.75) is 13.1 Å². The second-order valence-corrected chi connectivity index (χ2v) is 8.61. The number of halogens is 3. The summed E-state index contributed by atoms with van der Waals surface area (Å²) in [6.45, 7) is 4.60. The first-order valence-electron chi connectivity index (χ1n) is 10.8. The van der Waals surface area contributed by atoms with Crippen molar-refractivity contribution in [1.29, 1.82) is 0 Å². The highest BCUT2D eigenvalue weighted by Crippen LogP contribution is 2.41. The summed E-state index contributed by atoms with van der Waals surface area (Å²) in [5, 5.41) is 2.83. The standard InChI is InChI=1S/C24H22F3N5O2/c1-13-4-3-5-15-17(12-28-20(13)15)19-18(22(33)30-23(19)34)16-10-14(11-29-21(16)24(25,26)27)32-8-6-31(2)7-9-32/h3-5,10-12,28H,6-9H2,1-2H3,(H,30,33,34). The van der Waals surface area contributed by atoms with Gasteiger partial charge in [-0.25, -0.2) is 4.98 Å². The molecule has 0 unspecified atom stereocenters. The number of anilines is 1. The van der Waals surface area contributed by atoms with Gasteiger partial charge >= 0.3 is 6.18 Å². The molecule has 7 nitrogen and oxygen atoms in total. The maximum Gasteiger partial charge on any atom is 0.433 e. The van der Waals surface area contributed by atoms with Gasteiger partial charge in [0.15, 0.2) is 5.69 Å². The van der Waals surface area contributed by atoms with Crippen LogP contribution in [0.2, 0.25) is 0 Å². The van der Waals surface area contributed by atoms with Crippen LogP contribution in [0.1, 0.15) is 22.4 Å². The fourth-order valence-electron chi connectivity index (χ4n) is 4.59. The summed E-state index contributed by atoms with van der Waals surface area (Å²) >= 11 is 0. The number of rotatable bonds is 3. The smallest absolute Gasteiger partial charge is 0.368 e. The number of carbonyl (C=O) groups is 2. The predicted octanol–water partition coefficient (Wildman–Crippen LogP) is 3.21. The maximum atomic E-state index is 14.0. The molecule has 0 spiro atoms. The van der Waals surface area contributed by atoms with Crippen LogP contribution < -0.4 is 10.2 Å². The highest BCUT2D eigenvalue weighted by molar-refractivity contribution is 6.50. The number of aryl methyl sites for hydroxylation is 1. The Kier molecular flexibility index (Phi) is 5.20. The highest BCUT2D eigenvalue weighted by atomic mass is 19.4. The maximum absolute atomic E-state index is 14.0. The molecule has 5 rings (SSSR count). The third-order valence-electron chi connectivity index (χ3n) is 6.40. The topological polar surface area (TPSA) is 81.3 Å². The third kappa shape index (κ3) is 3.63. The van der Waals surface area contributed by atoms with E-state index in [0.29, 0.717) is 29.7 Å². The van der Waals surface area contributed by atoms with E-state index in [-0.39, 0.29) is 11.1 Å². The Labute approximate surface area is 193 Å². The fraction of sp³-hybridized carbons (Fsp3) is 0.292. The van der Waals surface area contributed by atoms with Gasteiger partial charge in [-0.05, 0) is 25.6 Å². The zero-order chi connectivity index (χ0) is 24.2. The SMILES string of the molecule is Cc1cccc2c(C3=C(c4cc(N5CCN(C)CC5)cnc4C(F)(F)F)C(=O)NC3=O)c[nH]c12. The normalized spacial score (nSPS) is 17.7.